The first-order valence-electron chi connectivity index (χ1n) is 9.69. The standard InChI is InChI=1S/C22H25ClN4O4/c1-12(2)16-10-17(23)13(3)8-19(16)31-11-20(28)24-22-25-21(26-27-22)15-7-6-14(29-4)9-18(15)30-5/h6-10,12H,11H2,1-5H3,(H2,24,25,26,27,28). The summed E-state index contributed by atoms with van der Waals surface area (Å²) in [5, 5.41) is 10.1. The smallest absolute Gasteiger partial charge is 0.264 e. The Hall–Kier alpha value is -3.26. The molecule has 3 aromatic rings. The zero-order valence-electron chi connectivity index (χ0n) is 18.1. The summed E-state index contributed by atoms with van der Waals surface area (Å²) >= 11 is 6.22. The van der Waals surface area contributed by atoms with Crippen molar-refractivity contribution in [2.45, 2.75) is 26.7 Å². The first kappa shape index (κ1) is 22.4. The minimum atomic E-state index is -0.380. The molecule has 164 valence electrons. The summed E-state index contributed by atoms with van der Waals surface area (Å²) in [7, 11) is 3.13. The van der Waals surface area contributed by atoms with Crippen molar-refractivity contribution in [2.75, 3.05) is 26.1 Å². The maximum atomic E-state index is 12.4. The molecule has 2 aromatic carbocycles. The van der Waals surface area contributed by atoms with E-state index in [0.29, 0.717) is 33.7 Å². The van der Waals surface area contributed by atoms with E-state index in [1.807, 2.05) is 32.9 Å². The van der Waals surface area contributed by atoms with Gasteiger partial charge in [-0.3, -0.25) is 15.2 Å². The van der Waals surface area contributed by atoms with Crippen molar-refractivity contribution in [1.29, 1.82) is 0 Å². The Morgan fingerprint density at radius 3 is 2.61 bits per heavy atom. The number of amides is 1. The normalized spacial score (nSPS) is 10.8. The average molecular weight is 445 g/mol. The van der Waals surface area contributed by atoms with Crippen LogP contribution in [-0.4, -0.2) is 41.9 Å². The molecule has 0 bridgehead atoms. The highest BCUT2D eigenvalue weighted by Gasteiger charge is 2.16. The van der Waals surface area contributed by atoms with Gasteiger partial charge >= 0.3 is 0 Å². The molecule has 0 saturated heterocycles. The lowest BCUT2D eigenvalue weighted by Gasteiger charge is -2.15. The minimum Gasteiger partial charge on any atom is -0.497 e. The van der Waals surface area contributed by atoms with E-state index in [2.05, 4.69) is 20.5 Å². The van der Waals surface area contributed by atoms with Crippen molar-refractivity contribution < 1.29 is 19.0 Å². The number of halogens is 1. The molecule has 0 radical (unpaired) electrons. The first-order valence-corrected chi connectivity index (χ1v) is 10.1. The first-order chi connectivity index (χ1) is 14.8. The lowest BCUT2D eigenvalue weighted by molar-refractivity contribution is -0.118. The van der Waals surface area contributed by atoms with Crippen LogP contribution in [0.15, 0.2) is 30.3 Å². The van der Waals surface area contributed by atoms with Gasteiger partial charge in [0.25, 0.3) is 5.91 Å². The number of aryl methyl sites for hydroxylation is 1. The Bertz CT molecular complexity index is 1080. The molecule has 0 unspecified atom stereocenters. The summed E-state index contributed by atoms with van der Waals surface area (Å²) in [5.41, 5.74) is 2.51. The Morgan fingerprint density at radius 2 is 1.94 bits per heavy atom. The molecule has 3 rings (SSSR count). The third-order valence-electron chi connectivity index (χ3n) is 4.67. The topological polar surface area (TPSA) is 98.4 Å². The van der Waals surface area contributed by atoms with E-state index in [4.69, 9.17) is 25.8 Å². The molecule has 8 nitrogen and oxygen atoms in total. The number of aromatic amines is 1. The van der Waals surface area contributed by atoms with Crippen LogP contribution >= 0.6 is 11.6 Å². The van der Waals surface area contributed by atoms with Crippen LogP contribution in [0, 0.1) is 6.92 Å². The van der Waals surface area contributed by atoms with Crippen molar-refractivity contribution in [3.8, 4) is 28.6 Å². The van der Waals surface area contributed by atoms with Crippen molar-refractivity contribution in [2.24, 2.45) is 0 Å². The SMILES string of the molecule is COc1ccc(-c2nc(NC(=O)COc3cc(C)c(Cl)cc3C(C)C)n[nH]2)c(OC)c1. The maximum absolute atomic E-state index is 12.4. The van der Waals surface area contributed by atoms with Crippen LogP contribution < -0.4 is 19.5 Å². The van der Waals surface area contributed by atoms with E-state index in [1.165, 1.54) is 0 Å². The van der Waals surface area contributed by atoms with E-state index in [9.17, 15) is 4.79 Å². The molecule has 2 N–H and O–H groups in total. The number of aromatic nitrogens is 3. The van der Waals surface area contributed by atoms with Crippen LogP contribution in [0.2, 0.25) is 5.02 Å². The molecule has 9 heteroatoms. The van der Waals surface area contributed by atoms with E-state index in [0.717, 1.165) is 11.1 Å². The number of nitrogens with zero attached hydrogens (tertiary/aromatic N) is 2. The number of methoxy groups -OCH3 is 2. The number of H-pyrrole nitrogens is 1. The molecule has 0 aliphatic carbocycles. The van der Waals surface area contributed by atoms with Crippen LogP contribution in [-0.2, 0) is 4.79 Å². The van der Waals surface area contributed by atoms with Crippen molar-refractivity contribution in [3.63, 3.8) is 0 Å². The van der Waals surface area contributed by atoms with Crippen LogP contribution in [0.1, 0.15) is 30.9 Å². The summed E-state index contributed by atoms with van der Waals surface area (Å²) in [5.74, 6) is 2.26. The number of rotatable bonds is 8. The molecule has 0 saturated carbocycles. The number of hydrogen-bond donors (Lipinski definition) is 2. The summed E-state index contributed by atoms with van der Waals surface area (Å²) in [6.45, 7) is 5.78. The Kier molecular flexibility index (Phi) is 7.02. The monoisotopic (exact) mass is 444 g/mol. The van der Waals surface area contributed by atoms with Crippen molar-refractivity contribution in [1.82, 2.24) is 15.2 Å². The number of carbonyl (C=O) groups is 1. The molecular weight excluding hydrogens is 420 g/mol. The third kappa shape index (κ3) is 5.27. The van der Waals surface area contributed by atoms with Gasteiger partial charge in [0.05, 0.1) is 19.8 Å². The molecule has 0 atom stereocenters. The molecule has 31 heavy (non-hydrogen) atoms. The van der Waals surface area contributed by atoms with E-state index in [-0.39, 0.29) is 24.4 Å². The van der Waals surface area contributed by atoms with E-state index in [1.54, 1.807) is 32.4 Å². The predicted molar refractivity (Wildman–Crippen MR) is 119 cm³/mol. The van der Waals surface area contributed by atoms with Crippen LogP contribution in [0.25, 0.3) is 11.4 Å². The molecule has 0 spiro atoms. The number of benzene rings is 2. The third-order valence-corrected chi connectivity index (χ3v) is 5.08. The fourth-order valence-corrected chi connectivity index (χ4v) is 3.16. The zero-order valence-corrected chi connectivity index (χ0v) is 18.8. The molecular formula is C22H25ClN4O4. The molecule has 1 heterocycles. The van der Waals surface area contributed by atoms with Gasteiger partial charge in [-0.15, -0.1) is 5.10 Å². The molecule has 1 aromatic heterocycles. The quantitative estimate of drug-likeness (QED) is 0.527. The second-order valence-corrected chi connectivity index (χ2v) is 7.61. The highest BCUT2D eigenvalue weighted by atomic mass is 35.5. The molecule has 0 aliphatic rings. The number of ether oxygens (including phenoxy) is 3. The molecule has 1 amide bonds. The summed E-state index contributed by atoms with van der Waals surface area (Å²) in [6, 6.07) is 9.03. The average Bonchev–Trinajstić information content (AvgIpc) is 3.21. The maximum Gasteiger partial charge on any atom is 0.264 e. The largest absolute Gasteiger partial charge is 0.497 e. The van der Waals surface area contributed by atoms with Crippen LogP contribution in [0.5, 0.6) is 17.2 Å². The minimum absolute atomic E-state index is 0.137. The lowest BCUT2D eigenvalue weighted by atomic mass is 10.0. The molecule has 0 aliphatic heterocycles. The van der Waals surface area contributed by atoms with Gasteiger partial charge in [-0.1, -0.05) is 25.4 Å². The second kappa shape index (κ2) is 9.70. The highest BCUT2D eigenvalue weighted by molar-refractivity contribution is 6.31. The van der Waals surface area contributed by atoms with Gasteiger partial charge in [-0.2, -0.15) is 4.98 Å². The second-order valence-electron chi connectivity index (χ2n) is 7.20. The summed E-state index contributed by atoms with van der Waals surface area (Å²) in [6.07, 6.45) is 0. The summed E-state index contributed by atoms with van der Waals surface area (Å²) in [4.78, 5) is 16.7. The summed E-state index contributed by atoms with van der Waals surface area (Å²) < 4.78 is 16.3. The van der Waals surface area contributed by atoms with Gasteiger partial charge in [0.1, 0.15) is 17.2 Å². The number of hydrogen-bond acceptors (Lipinski definition) is 6. The number of carbonyl (C=O) groups excluding carboxylic acids is 1. The number of nitrogens with one attached hydrogen (secondary N) is 2. The Morgan fingerprint density at radius 1 is 1.16 bits per heavy atom. The lowest BCUT2D eigenvalue weighted by Crippen LogP contribution is -2.21. The molecule has 0 fully saturated rings. The Labute approximate surface area is 185 Å². The van der Waals surface area contributed by atoms with E-state index < -0.39 is 0 Å². The predicted octanol–water partition coefficient (Wildman–Crippen LogP) is 4.59. The van der Waals surface area contributed by atoms with Gasteiger partial charge in [0.15, 0.2) is 12.4 Å². The van der Waals surface area contributed by atoms with Gasteiger partial charge in [0.2, 0.25) is 5.95 Å². The fourth-order valence-electron chi connectivity index (χ4n) is 2.98. The van der Waals surface area contributed by atoms with Crippen LogP contribution in [0.4, 0.5) is 5.95 Å². The van der Waals surface area contributed by atoms with Crippen molar-refractivity contribution >= 4 is 23.5 Å². The van der Waals surface area contributed by atoms with Gasteiger partial charge < -0.3 is 14.2 Å². The van der Waals surface area contributed by atoms with Gasteiger partial charge in [-0.05, 0) is 48.2 Å². The zero-order chi connectivity index (χ0) is 22.5. The Balaban J connectivity index is 1.68. The van der Waals surface area contributed by atoms with Crippen molar-refractivity contribution in [3.05, 3.63) is 46.5 Å². The highest BCUT2D eigenvalue weighted by Crippen LogP contribution is 2.33. The van der Waals surface area contributed by atoms with Crippen LogP contribution in [0.3, 0.4) is 0 Å². The number of anilines is 1. The van der Waals surface area contributed by atoms with Gasteiger partial charge in [-0.25, -0.2) is 0 Å². The van der Waals surface area contributed by atoms with Gasteiger partial charge in [0, 0.05) is 11.1 Å². The fraction of sp³-hybridized carbons (Fsp3) is 0.318. The van der Waals surface area contributed by atoms with E-state index >= 15 is 0 Å².